The van der Waals surface area contributed by atoms with E-state index in [-0.39, 0.29) is 50.4 Å². The number of hydrogen-bond acceptors (Lipinski definition) is 12. The quantitative estimate of drug-likeness (QED) is 0.0232. The van der Waals surface area contributed by atoms with Gasteiger partial charge in [0, 0.05) is 30.9 Å². The van der Waals surface area contributed by atoms with Crippen LogP contribution in [0.5, 0.6) is 0 Å². The Hall–Kier alpha value is -2.64. The first-order valence-corrected chi connectivity index (χ1v) is 17.2. The number of rotatable bonds is 18. The predicted molar refractivity (Wildman–Crippen MR) is 162 cm³/mol. The van der Waals surface area contributed by atoms with Gasteiger partial charge in [0.2, 0.25) is 17.3 Å². The van der Waals surface area contributed by atoms with Crippen molar-refractivity contribution in [3.63, 3.8) is 0 Å². The summed E-state index contributed by atoms with van der Waals surface area (Å²) < 4.78 is 29.0. The molecule has 3 aliphatic heterocycles. The first kappa shape index (κ1) is 36.8. The Bertz CT molecular complexity index is 1130. The van der Waals surface area contributed by atoms with E-state index in [0.29, 0.717) is 18.1 Å². The number of fused-ring (bicyclic) bond motifs is 1. The van der Waals surface area contributed by atoms with Crippen LogP contribution < -0.4 is 32.3 Å². The van der Waals surface area contributed by atoms with Crippen LogP contribution in [0.4, 0.5) is 4.79 Å². The fourth-order valence-electron chi connectivity index (χ4n) is 5.21. The number of hydrogen-bond donors (Lipinski definition) is 11. The van der Waals surface area contributed by atoms with Crippen molar-refractivity contribution in [3.05, 3.63) is 11.6 Å². The van der Waals surface area contributed by atoms with Gasteiger partial charge in [-0.3, -0.25) is 19.6 Å². The molecule has 45 heavy (non-hydrogen) atoms. The van der Waals surface area contributed by atoms with Gasteiger partial charge in [0.1, 0.15) is 18.3 Å². The molecule has 20 heteroatoms. The molecule has 9 atom stereocenters. The highest BCUT2D eigenvalue weighted by molar-refractivity contribution is 8.00. The van der Waals surface area contributed by atoms with Crippen LogP contribution in [0.25, 0.3) is 0 Å². The van der Waals surface area contributed by atoms with E-state index in [2.05, 4.69) is 26.6 Å². The number of aliphatic hydroxyl groups excluding tert-OH is 3. The molecule has 2 fully saturated rings. The molecule has 0 spiro atoms. The summed E-state index contributed by atoms with van der Waals surface area (Å²) in [6.07, 6.45) is -1.18. The maximum absolute atomic E-state index is 13.0. The fraction of sp³-hybridized carbons (Fsp3) is 0.760. The summed E-state index contributed by atoms with van der Waals surface area (Å²) in [6, 6.07) is -2.11. The van der Waals surface area contributed by atoms with Crippen molar-refractivity contribution < 1.29 is 53.2 Å². The molecule has 4 amide bonds. The predicted octanol–water partition coefficient (Wildman–Crippen LogP) is -2.64. The fourth-order valence-corrected chi connectivity index (χ4v) is 7.81. The summed E-state index contributed by atoms with van der Waals surface area (Å²) in [7, 11) is -4.69. The minimum absolute atomic E-state index is 0.112. The molecule has 12 N–H and O–H groups in total. The average Bonchev–Trinajstić information content (AvgIpc) is 3.53. The second-order valence-corrected chi connectivity index (χ2v) is 13.8. The third-order valence-corrected chi connectivity index (χ3v) is 10.2. The summed E-state index contributed by atoms with van der Waals surface area (Å²) in [5.41, 5.74) is 4.79. The Kier molecular flexibility index (Phi) is 14.2. The molecule has 0 aliphatic carbocycles. The van der Waals surface area contributed by atoms with Gasteiger partial charge < -0.3 is 66.5 Å². The highest BCUT2D eigenvalue weighted by Gasteiger charge is 2.46. The van der Waals surface area contributed by atoms with Crippen LogP contribution in [0, 0.1) is 5.41 Å². The van der Waals surface area contributed by atoms with Crippen LogP contribution in [0.2, 0.25) is 0 Å². The number of amides is 4. The Balaban J connectivity index is 1.38. The molecule has 3 rings (SSSR count). The number of carbonyl (C=O) groups is 3. The Morgan fingerprint density at radius 1 is 1.24 bits per heavy atom. The third kappa shape index (κ3) is 11.0. The summed E-state index contributed by atoms with van der Waals surface area (Å²) >= 11 is 1.83. The van der Waals surface area contributed by atoms with E-state index in [1.165, 1.54) is 6.92 Å². The minimum Gasteiger partial charge on any atom is -0.478 e. The van der Waals surface area contributed by atoms with Gasteiger partial charge >= 0.3 is 13.6 Å². The summed E-state index contributed by atoms with van der Waals surface area (Å²) in [4.78, 5) is 46.0. The Labute approximate surface area is 264 Å². The minimum atomic E-state index is -4.69. The van der Waals surface area contributed by atoms with Crippen molar-refractivity contribution in [1.29, 1.82) is 5.41 Å². The molecule has 0 aromatic carbocycles. The molecule has 18 nitrogen and oxygen atoms in total. The number of guanidine groups is 1. The lowest BCUT2D eigenvalue weighted by molar-refractivity contribution is -0.126. The number of urea groups is 1. The van der Waals surface area contributed by atoms with E-state index in [9.17, 15) is 39.2 Å². The molecule has 3 aliphatic rings. The van der Waals surface area contributed by atoms with Crippen LogP contribution >= 0.6 is 19.4 Å². The van der Waals surface area contributed by atoms with Crippen molar-refractivity contribution in [2.45, 2.75) is 80.3 Å². The zero-order valence-corrected chi connectivity index (χ0v) is 26.6. The van der Waals surface area contributed by atoms with Crippen molar-refractivity contribution in [3.8, 4) is 0 Å². The topological polar surface area (TPSA) is 287 Å². The average molecular weight is 682 g/mol. The van der Waals surface area contributed by atoms with Gasteiger partial charge in [-0.2, -0.15) is 11.8 Å². The zero-order chi connectivity index (χ0) is 33.1. The lowest BCUT2D eigenvalue weighted by Crippen LogP contribution is -2.63. The van der Waals surface area contributed by atoms with E-state index in [1.54, 1.807) is 0 Å². The molecule has 0 saturated carbocycles. The number of carbonyl (C=O) groups excluding carboxylic acids is 3. The highest BCUT2D eigenvalue weighted by atomic mass is 32.2. The monoisotopic (exact) mass is 681 g/mol. The van der Waals surface area contributed by atoms with Crippen LogP contribution in [-0.2, 0) is 28.2 Å². The summed E-state index contributed by atoms with van der Waals surface area (Å²) in [6.45, 7) is 0.173. The molecule has 1 unspecified atom stereocenters. The van der Waals surface area contributed by atoms with Gasteiger partial charge in [-0.1, -0.05) is 6.42 Å². The maximum atomic E-state index is 13.0. The first-order valence-electron chi connectivity index (χ1n) is 14.6. The molecule has 0 bridgehead atoms. The maximum Gasteiger partial charge on any atom is 0.392 e. The second kappa shape index (κ2) is 17.3. The summed E-state index contributed by atoms with van der Waals surface area (Å²) in [5, 5.41) is 51.3. The molecule has 256 valence electrons. The largest absolute Gasteiger partial charge is 0.478 e. The van der Waals surface area contributed by atoms with Crippen LogP contribution in [0.3, 0.4) is 0 Å². The zero-order valence-electron chi connectivity index (χ0n) is 24.8. The molecule has 3 heterocycles. The number of nitrogens with one attached hydrogen (secondary N) is 6. The van der Waals surface area contributed by atoms with Gasteiger partial charge in [0.05, 0.1) is 50.6 Å². The van der Waals surface area contributed by atoms with E-state index < -0.39 is 62.0 Å². The van der Waals surface area contributed by atoms with Crippen molar-refractivity contribution in [2.75, 3.05) is 38.7 Å². The van der Waals surface area contributed by atoms with Gasteiger partial charge in [-0.15, -0.1) is 0 Å². The molecule has 0 aromatic rings. The van der Waals surface area contributed by atoms with Crippen LogP contribution in [0.15, 0.2) is 11.6 Å². The number of aliphatic hydroxyl groups is 3. The smallest absolute Gasteiger partial charge is 0.392 e. The van der Waals surface area contributed by atoms with Gasteiger partial charge in [-0.25, -0.2) is 4.79 Å². The van der Waals surface area contributed by atoms with Crippen LogP contribution in [-0.4, -0.2) is 130 Å². The molecule has 0 radical (unpaired) electrons. The number of unbranched alkanes of at least 4 members (excludes halogenated alkanes) is 1. The van der Waals surface area contributed by atoms with Crippen molar-refractivity contribution >= 4 is 43.2 Å². The van der Waals surface area contributed by atoms with Gasteiger partial charge in [-0.05, 0) is 18.9 Å². The first-order chi connectivity index (χ1) is 21.3. The van der Waals surface area contributed by atoms with E-state index in [1.807, 2.05) is 11.8 Å². The number of thioether (sulfide) groups is 1. The second-order valence-electron chi connectivity index (χ2n) is 10.8. The summed E-state index contributed by atoms with van der Waals surface area (Å²) in [5.74, 6) is -0.365. The highest BCUT2D eigenvalue weighted by Crippen LogP contribution is 2.53. The molecule has 0 aromatic heterocycles. The SMILES string of the molecule is CC(=O)N[C@H]1[C@H]([C@H](O)[C@H](O)CO)OC(P(=O)(O)OCCOCCNC(=O)CCCC[C@@H]2SC[C@@H]3NC(=O)N[C@@H]32)=C[C@@H]1NC(=N)N. The van der Waals surface area contributed by atoms with E-state index in [4.69, 9.17) is 25.1 Å². The molecule has 2 saturated heterocycles. The Morgan fingerprint density at radius 2 is 2.00 bits per heavy atom. The number of nitrogens with two attached hydrogens (primary N) is 1. The van der Waals surface area contributed by atoms with Gasteiger partial charge in [0.15, 0.2) is 5.96 Å². The molecular formula is C25H44N7O11PS. The van der Waals surface area contributed by atoms with E-state index in [0.717, 1.165) is 24.7 Å². The lowest BCUT2D eigenvalue weighted by atomic mass is 9.93. The van der Waals surface area contributed by atoms with Crippen molar-refractivity contribution in [2.24, 2.45) is 5.73 Å². The standard InChI is InChI=1S/C25H44N7O11PS/c1-13(34)29-21-14(30-24(26)27)10-19(43-23(21)22(37)16(35)11-33)44(39,40)42-9-8-41-7-6-28-18(36)5-3-2-4-17-20-15(12-45-17)31-25(38)32-20/h10,14-17,20-23,33,35,37H,2-9,11-12H2,1H3,(H,28,36)(H,29,34)(H,39,40)(H4,26,27,30)(H2,31,32,38)/t14-,15-,16+,17-,20-,21+,22+,23+/m0/s1. The third-order valence-electron chi connectivity index (χ3n) is 7.35. The lowest BCUT2D eigenvalue weighted by Gasteiger charge is -2.41. The van der Waals surface area contributed by atoms with Crippen molar-refractivity contribution in [1.82, 2.24) is 26.6 Å². The Morgan fingerprint density at radius 3 is 2.69 bits per heavy atom. The van der Waals surface area contributed by atoms with E-state index >= 15 is 0 Å². The normalized spacial score (nSPS) is 28.3. The molecular weight excluding hydrogens is 637 g/mol. The number of ether oxygens (including phenoxy) is 2. The van der Waals surface area contributed by atoms with Gasteiger partial charge in [0.25, 0.3) is 0 Å². The van der Waals surface area contributed by atoms with Crippen LogP contribution in [0.1, 0.15) is 32.6 Å².